The van der Waals surface area contributed by atoms with Crippen LogP contribution in [-0.2, 0) is 11.3 Å². The molecule has 6 nitrogen and oxygen atoms in total. The quantitative estimate of drug-likeness (QED) is 0.611. The lowest BCUT2D eigenvalue weighted by molar-refractivity contribution is 0.0687. The van der Waals surface area contributed by atoms with Gasteiger partial charge in [-0.1, -0.05) is 12.1 Å². The van der Waals surface area contributed by atoms with Gasteiger partial charge in [0, 0.05) is 24.8 Å². The van der Waals surface area contributed by atoms with Gasteiger partial charge in [0.1, 0.15) is 17.9 Å². The molecule has 1 fully saturated rings. The summed E-state index contributed by atoms with van der Waals surface area (Å²) in [6.45, 7) is 1.41. The van der Waals surface area contributed by atoms with Crippen molar-refractivity contribution in [1.29, 1.82) is 0 Å². The molecule has 0 amide bonds. The van der Waals surface area contributed by atoms with Crippen LogP contribution in [0.15, 0.2) is 46.9 Å². The van der Waals surface area contributed by atoms with Gasteiger partial charge in [-0.2, -0.15) is 0 Å². The third-order valence-corrected chi connectivity index (χ3v) is 5.00. The number of aromatic nitrogens is 3. The zero-order valence-corrected chi connectivity index (χ0v) is 14.3. The van der Waals surface area contributed by atoms with Crippen LogP contribution in [0.2, 0.25) is 0 Å². The number of nitrogens with zero attached hydrogens (tertiary/aromatic N) is 3. The second-order valence-electron chi connectivity index (χ2n) is 6.59. The Morgan fingerprint density at radius 3 is 2.69 bits per heavy atom. The first-order valence-electron chi connectivity index (χ1n) is 8.89. The van der Waals surface area contributed by atoms with Crippen molar-refractivity contribution in [3.05, 3.63) is 48.3 Å². The summed E-state index contributed by atoms with van der Waals surface area (Å²) in [5.41, 5.74) is 4.37. The van der Waals surface area contributed by atoms with Gasteiger partial charge in [-0.25, -0.2) is 9.97 Å². The molecule has 2 aromatic carbocycles. The van der Waals surface area contributed by atoms with Crippen LogP contribution in [0.25, 0.3) is 33.6 Å². The number of imidazole rings is 1. The molecule has 5 rings (SSSR count). The molecule has 0 unspecified atom stereocenters. The molecule has 0 atom stereocenters. The Morgan fingerprint density at radius 1 is 1.04 bits per heavy atom. The van der Waals surface area contributed by atoms with Crippen LogP contribution < -0.4 is 0 Å². The predicted molar refractivity (Wildman–Crippen MR) is 97.7 cm³/mol. The normalized spacial score (nSPS) is 15.9. The smallest absolute Gasteiger partial charge is 0.227 e. The fraction of sp³-hybridized carbons (Fsp3) is 0.300. The molecule has 1 aliphatic heterocycles. The molecule has 1 saturated heterocycles. The van der Waals surface area contributed by atoms with Crippen molar-refractivity contribution in [2.24, 2.45) is 0 Å². The van der Waals surface area contributed by atoms with E-state index in [0.717, 1.165) is 53.8 Å². The van der Waals surface area contributed by atoms with Gasteiger partial charge in [-0.3, -0.25) is 0 Å². The second-order valence-corrected chi connectivity index (χ2v) is 6.59. The molecule has 0 bridgehead atoms. The van der Waals surface area contributed by atoms with Crippen LogP contribution in [0.1, 0.15) is 24.7 Å². The van der Waals surface area contributed by atoms with Crippen molar-refractivity contribution in [2.75, 3.05) is 13.2 Å². The van der Waals surface area contributed by atoms with E-state index in [-0.39, 0.29) is 6.61 Å². The third-order valence-electron chi connectivity index (χ3n) is 5.00. The van der Waals surface area contributed by atoms with Gasteiger partial charge in [0.25, 0.3) is 0 Å². The average molecular weight is 349 g/mol. The molecule has 0 radical (unpaired) electrons. The van der Waals surface area contributed by atoms with E-state index >= 15 is 0 Å². The van der Waals surface area contributed by atoms with Gasteiger partial charge >= 0.3 is 0 Å². The van der Waals surface area contributed by atoms with Crippen molar-refractivity contribution >= 4 is 22.1 Å². The highest BCUT2D eigenvalue weighted by molar-refractivity contribution is 5.83. The molecule has 0 aliphatic carbocycles. The minimum atomic E-state index is -0.0791. The molecular weight excluding hydrogens is 330 g/mol. The molecule has 1 N–H and O–H groups in total. The minimum Gasteiger partial charge on any atom is -0.436 e. The molecule has 6 heteroatoms. The highest BCUT2D eigenvalue weighted by Gasteiger charge is 2.22. The van der Waals surface area contributed by atoms with Crippen LogP contribution in [0.4, 0.5) is 0 Å². The van der Waals surface area contributed by atoms with Crippen LogP contribution in [-0.4, -0.2) is 32.9 Å². The molecule has 4 aromatic rings. The first-order valence-corrected chi connectivity index (χ1v) is 8.89. The van der Waals surface area contributed by atoms with Gasteiger partial charge < -0.3 is 18.8 Å². The van der Waals surface area contributed by atoms with E-state index in [9.17, 15) is 5.11 Å². The van der Waals surface area contributed by atoms with E-state index in [1.165, 1.54) is 0 Å². The summed E-state index contributed by atoms with van der Waals surface area (Å²) in [6.07, 6.45) is 1.87. The fourth-order valence-electron chi connectivity index (χ4n) is 3.74. The summed E-state index contributed by atoms with van der Waals surface area (Å²) in [4.78, 5) is 9.21. The summed E-state index contributed by atoms with van der Waals surface area (Å²) < 4.78 is 13.5. The van der Waals surface area contributed by atoms with Crippen molar-refractivity contribution in [2.45, 2.75) is 25.5 Å². The van der Waals surface area contributed by atoms with E-state index in [2.05, 4.69) is 14.5 Å². The first-order chi connectivity index (χ1) is 12.8. The van der Waals surface area contributed by atoms with E-state index in [4.69, 9.17) is 9.15 Å². The molecule has 1 aliphatic rings. The molecule has 0 saturated carbocycles. The molecular formula is C20H19N3O3. The standard InChI is InChI=1S/C20H19N3O3/c24-12-19-21-16-11-13(20-22-15-3-1-2-4-18(15)26-20)5-6-17(16)23(19)14-7-9-25-10-8-14/h1-6,11,14,24H,7-10,12H2. The Balaban J connectivity index is 1.61. The number of oxazole rings is 1. The Bertz CT molecular complexity index is 1040. The number of fused-ring (bicyclic) bond motifs is 2. The lowest BCUT2D eigenvalue weighted by Crippen LogP contribution is -2.21. The Morgan fingerprint density at radius 2 is 1.88 bits per heavy atom. The summed E-state index contributed by atoms with van der Waals surface area (Å²) in [5, 5.41) is 9.79. The summed E-state index contributed by atoms with van der Waals surface area (Å²) in [6, 6.07) is 14.1. The Kier molecular flexibility index (Phi) is 3.72. The maximum absolute atomic E-state index is 9.79. The fourth-order valence-corrected chi connectivity index (χ4v) is 3.74. The van der Waals surface area contributed by atoms with Crippen molar-refractivity contribution in [1.82, 2.24) is 14.5 Å². The number of para-hydroxylation sites is 2. The Labute approximate surface area is 150 Å². The zero-order valence-electron chi connectivity index (χ0n) is 14.3. The van der Waals surface area contributed by atoms with E-state index in [1.807, 2.05) is 42.5 Å². The van der Waals surface area contributed by atoms with Crippen molar-refractivity contribution in [3.63, 3.8) is 0 Å². The highest BCUT2D eigenvalue weighted by atomic mass is 16.5. The first kappa shape index (κ1) is 15.5. The molecule has 2 aromatic heterocycles. The van der Waals surface area contributed by atoms with E-state index in [0.29, 0.717) is 17.8 Å². The number of hydrogen-bond acceptors (Lipinski definition) is 5. The largest absolute Gasteiger partial charge is 0.436 e. The number of aliphatic hydroxyl groups is 1. The number of rotatable bonds is 3. The van der Waals surface area contributed by atoms with Crippen LogP contribution >= 0.6 is 0 Å². The van der Waals surface area contributed by atoms with Gasteiger partial charge in [0.15, 0.2) is 5.58 Å². The zero-order chi connectivity index (χ0) is 17.5. The SMILES string of the molecule is OCc1nc2cc(-c3nc4ccccc4o3)ccc2n1C1CCOCC1. The summed E-state index contributed by atoms with van der Waals surface area (Å²) >= 11 is 0. The van der Waals surface area contributed by atoms with E-state index in [1.54, 1.807) is 0 Å². The van der Waals surface area contributed by atoms with Gasteiger partial charge in [0.2, 0.25) is 5.89 Å². The van der Waals surface area contributed by atoms with Gasteiger partial charge in [0.05, 0.1) is 11.0 Å². The summed E-state index contributed by atoms with van der Waals surface area (Å²) in [7, 11) is 0. The van der Waals surface area contributed by atoms with Crippen LogP contribution in [0, 0.1) is 0 Å². The lowest BCUT2D eigenvalue weighted by atomic mass is 10.1. The topological polar surface area (TPSA) is 73.3 Å². The van der Waals surface area contributed by atoms with Crippen molar-refractivity contribution < 1.29 is 14.3 Å². The number of ether oxygens (including phenoxy) is 1. The third kappa shape index (κ3) is 2.50. The van der Waals surface area contributed by atoms with E-state index < -0.39 is 0 Å². The predicted octanol–water partition coefficient (Wildman–Crippen LogP) is 3.69. The van der Waals surface area contributed by atoms with Gasteiger partial charge in [-0.05, 0) is 43.2 Å². The Hall–Kier alpha value is -2.70. The second kappa shape index (κ2) is 6.23. The molecule has 132 valence electrons. The molecule has 3 heterocycles. The maximum atomic E-state index is 9.79. The molecule has 26 heavy (non-hydrogen) atoms. The van der Waals surface area contributed by atoms with Gasteiger partial charge in [-0.15, -0.1) is 0 Å². The highest BCUT2D eigenvalue weighted by Crippen LogP contribution is 2.31. The molecule has 0 spiro atoms. The lowest BCUT2D eigenvalue weighted by Gasteiger charge is -2.25. The number of aliphatic hydroxyl groups excluding tert-OH is 1. The van der Waals surface area contributed by atoms with Crippen LogP contribution in [0.5, 0.6) is 0 Å². The number of benzene rings is 2. The average Bonchev–Trinajstić information content (AvgIpc) is 3.29. The monoisotopic (exact) mass is 349 g/mol. The number of hydrogen-bond donors (Lipinski definition) is 1. The maximum Gasteiger partial charge on any atom is 0.227 e. The van der Waals surface area contributed by atoms with Crippen LogP contribution in [0.3, 0.4) is 0 Å². The summed E-state index contributed by atoms with van der Waals surface area (Å²) in [5.74, 6) is 1.28. The minimum absolute atomic E-state index is 0.0791. The van der Waals surface area contributed by atoms with Crippen molar-refractivity contribution in [3.8, 4) is 11.5 Å².